The summed E-state index contributed by atoms with van der Waals surface area (Å²) in [5, 5.41) is 13.3. The third-order valence-corrected chi connectivity index (χ3v) is 5.89. The van der Waals surface area contributed by atoms with Crippen LogP contribution in [0.15, 0.2) is 79.1 Å². The summed E-state index contributed by atoms with van der Waals surface area (Å²) in [5.74, 6) is 0.522. The highest BCUT2D eigenvalue weighted by molar-refractivity contribution is 6.08. The summed E-state index contributed by atoms with van der Waals surface area (Å²) in [6.45, 7) is 2.90. The Balaban J connectivity index is 1.43. The number of hydrogen-bond acceptors (Lipinski definition) is 4. The minimum atomic E-state index is -0.0949. The molecule has 0 spiro atoms. The number of hydrogen-bond donors (Lipinski definition) is 0. The highest BCUT2D eigenvalue weighted by atomic mass is 16.5. The average Bonchev–Trinajstić information content (AvgIpc) is 3.33. The lowest BCUT2D eigenvalue weighted by molar-refractivity contribution is 0.0989. The van der Waals surface area contributed by atoms with E-state index >= 15 is 0 Å². The molecule has 162 valence electrons. The largest absolute Gasteiger partial charge is 0.491 e. The molecule has 0 fully saturated rings. The monoisotopic (exact) mass is 434 g/mol. The van der Waals surface area contributed by atoms with Crippen molar-refractivity contribution in [3.8, 4) is 17.5 Å². The van der Waals surface area contributed by atoms with E-state index in [2.05, 4.69) is 23.3 Å². The number of anilines is 1. The van der Waals surface area contributed by atoms with Crippen LogP contribution in [0.3, 0.4) is 0 Å². The van der Waals surface area contributed by atoms with E-state index in [0.29, 0.717) is 36.4 Å². The summed E-state index contributed by atoms with van der Waals surface area (Å²) in [4.78, 5) is 15.2. The number of rotatable bonds is 4. The van der Waals surface area contributed by atoms with Gasteiger partial charge in [0.25, 0.3) is 5.91 Å². The molecule has 0 bridgehead atoms. The van der Waals surface area contributed by atoms with Gasteiger partial charge in [0.1, 0.15) is 12.4 Å². The van der Waals surface area contributed by atoms with Gasteiger partial charge < -0.3 is 9.64 Å². The fraction of sp³-hybridized carbons (Fsp3) is 0.148. The van der Waals surface area contributed by atoms with E-state index in [1.165, 1.54) is 0 Å². The Morgan fingerprint density at radius 3 is 2.52 bits per heavy atom. The first-order valence-corrected chi connectivity index (χ1v) is 10.8. The molecule has 6 nitrogen and oxygen atoms in total. The Labute approximate surface area is 192 Å². The Hall–Kier alpha value is -4.37. The quantitative estimate of drug-likeness (QED) is 0.468. The molecule has 0 aliphatic carbocycles. The molecule has 5 rings (SSSR count). The summed E-state index contributed by atoms with van der Waals surface area (Å²) >= 11 is 0. The van der Waals surface area contributed by atoms with Gasteiger partial charge in [0.15, 0.2) is 0 Å². The molecule has 6 heteroatoms. The van der Waals surface area contributed by atoms with Gasteiger partial charge in [0.2, 0.25) is 0 Å². The lowest BCUT2D eigenvalue weighted by Gasteiger charge is -2.20. The van der Waals surface area contributed by atoms with E-state index in [4.69, 9.17) is 10.00 Å². The minimum Gasteiger partial charge on any atom is -0.491 e. The smallest absolute Gasteiger partial charge is 0.262 e. The number of fused-ring (bicyclic) bond motifs is 1. The van der Waals surface area contributed by atoms with E-state index in [-0.39, 0.29) is 5.91 Å². The van der Waals surface area contributed by atoms with Gasteiger partial charge in [-0.05, 0) is 84.6 Å². The number of carbonyl (C=O) groups excluding carboxylic acids is 1. The van der Waals surface area contributed by atoms with Crippen molar-refractivity contribution < 1.29 is 9.53 Å². The van der Waals surface area contributed by atoms with Gasteiger partial charge in [-0.2, -0.15) is 10.4 Å². The Morgan fingerprint density at radius 1 is 1.06 bits per heavy atom. The normalized spacial score (nSPS) is 13.1. The lowest BCUT2D eigenvalue weighted by Crippen LogP contribution is -2.32. The summed E-state index contributed by atoms with van der Waals surface area (Å²) in [6.07, 6.45) is 4.38. The van der Waals surface area contributed by atoms with E-state index in [0.717, 1.165) is 28.1 Å². The Morgan fingerprint density at radius 2 is 1.82 bits per heavy atom. The van der Waals surface area contributed by atoms with Crippen LogP contribution in [0.4, 0.5) is 5.69 Å². The molecule has 1 aliphatic rings. The highest BCUT2D eigenvalue weighted by Crippen LogP contribution is 2.30. The van der Waals surface area contributed by atoms with Gasteiger partial charge in [-0.15, -0.1) is 0 Å². The predicted molar refractivity (Wildman–Crippen MR) is 126 cm³/mol. The van der Waals surface area contributed by atoms with E-state index in [1.807, 2.05) is 48.1 Å². The maximum atomic E-state index is 13.5. The number of benzene rings is 3. The lowest BCUT2D eigenvalue weighted by atomic mass is 9.97. The fourth-order valence-electron chi connectivity index (χ4n) is 4.07. The van der Waals surface area contributed by atoms with Crippen LogP contribution in [-0.4, -0.2) is 28.8 Å². The van der Waals surface area contributed by atoms with E-state index in [9.17, 15) is 4.79 Å². The van der Waals surface area contributed by atoms with Crippen molar-refractivity contribution >= 4 is 11.6 Å². The molecule has 0 saturated heterocycles. The van der Waals surface area contributed by atoms with Crippen LogP contribution in [0.2, 0.25) is 0 Å². The molecule has 0 atom stereocenters. The van der Waals surface area contributed by atoms with Crippen LogP contribution in [0.5, 0.6) is 5.75 Å². The minimum absolute atomic E-state index is 0.0949. The molecule has 1 aromatic heterocycles. The van der Waals surface area contributed by atoms with Crippen LogP contribution in [0.1, 0.15) is 32.6 Å². The van der Waals surface area contributed by atoms with E-state index < -0.39 is 0 Å². The summed E-state index contributed by atoms with van der Waals surface area (Å²) in [5.41, 5.74) is 6.21. The zero-order valence-electron chi connectivity index (χ0n) is 18.2. The molecular formula is C27H22N4O2. The predicted octanol–water partition coefficient (Wildman–Crippen LogP) is 4.68. The molecule has 0 unspecified atom stereocenters. The first kappa shape index (κ1) is 20.5. The molecule has 4 aromatic rings. The van der Waals surface area contributed by atoms with Crippen molar-refractivity contribution in [3.05, 3.63) is 107 Å². The number of nitrogens with zero attached hydrogens (tertiary/aromatic N) is 4. The standard InChI is InChI=1S/C27H22N4O2/c1-19-15-26-25(27(32)30(13-14-33-26)23-7-5-21(18-28)6-8-23)17-22(19)16-20-3-9-24(10-4-20)31-12-2-11-29-31/h2-12,15,17H,13-14,16H2,1H3. The molecule has 0 saturated carbocycles. The second-order valence-corrected chi connectivity index (χ2v) is 8.03. The molecule has 2 heterocycles. The number of aryl methyl sites for hydroxylation is 1. The van der Waals surface area contributed by atoms with Gasteiger partial charge in [0, 0.05) is 18.1 Å². The number of ether oxygens (including phenoxy) is 1. The fourth-order valence-corrected chi connectivity index (χ4v) is 4.07. The summed E-state index contributed by atoms with van der Waals surface area (Å²) in [6, 6.07) is 23.2. The van der Waals surface area contributed by atoms with Gasteiger partial charge in [0.05, 0.1) is 29.4 Å². The Kier molecular flexibility index (Phi) is 5.37. The molecule has 3 aromatic carbocycles. The van der Waals surface area contributed by atoms with Gasteiger partial charge >= 0.3 is 0 Å². The van der Waals surface area contributed by atoms with Crippen LogP contribution >= 0.6 is 0 Å². The second-order valence-electron chi connectivity index (χ2n) is 8.03. The van der Waals surface area contributed by atoms with Crippen LogP contribution in [-0.2, 0) is 6.42 Å². The summed E-state index contributed by atoms with van der Waals surface area (Å²) < 4.78 is 7.76. The van der Waals surface area contributed by atoms with Crippen molar-refractivity contribution in [3.63, 3.8) is 0 Å². The number of nitriles is 1. The number of amides is 1. The van der Waals surface area contributed by atoms with Crippen LogP contribution in [0.25, 0.3) is 5.69 Å². The van der Waals surface area contributed by atoms with Gasteiger partial charge in [-0.3, -0.25) is 4.79 Å². The average molecular weight is 434 g/mol. The zero-order valence-corrected chi connectivity index (χ0v) is 18.2. The third kappa shape index (κ3) is 4.09. The highest BCUT2D eigenvalue weighted by Gasteiger charge is 2.26. The SMILES string of the molecule is Cc1cc2c(cc1Cc1ccc(-n3cccn3)cc1)C(=O)N(c1ccc(C#N)cc1)CCO2. The molecule has 33 heavy (non-hydrogen) atoms. The molecule has 1 aliphatic heterocycles. The second kappa shape index (κ2) is 8.64. The van der Waals surface area contributed by atoms with Crippen LogP contribution in [0, 0.1) is 18.3 Å². The summed E-state index contributed by atoms with van der Waals surface area (Å²) in [7, 11) is 0. The molecule has 0 N–H and O–H groups in total. The maximum absolute atomic E-state index is 13.5. The maximum Gasteiger partial charge on any atom is 0.262 e. The molecular weight excluding hydrogens is 412 g/mol. The van der Waals surface area contributed by atoms with Crippen molar-refractivity contribution in [2.75, 3.05) is 18.1 Å². The van der Waals surface area contributed by atoms with Crippen molar-refractivity contribution in [1.82, 2.24) is 9.78 Å². The van der Waals surface area contributed by atoms with Gasteiger partial charge in [-0.25, -0.2) is 4.68 Å². The van der Waals surface area contributed by atoms with Crippen LogP contribution < -0.4 is 9.64 Å². The first-order valence-electron chi connectivity index (χ1n) is 10.8. The van der Waals surface area contributed by atoms with Crippen molar-refractivity contribution in [2.24, 2.45) is 0 Å². The first-order chi connectivity index (χ1) is 16.1. The van der Waals surface area contributed by atoms with Gasteiger partial charge in [-0.1, -0.05) is 12.1 Å². The molecule has 1 amide bonds. The number of aromatic nitrogens is 2. The Bertz CT molecular complexity index is 1330. The van der Waals surface area contributed by atoms with E-state index in [1.54, 1.807) is 35.4 Å². The topological polar surface area (TPSA) is 71.2 Å². The zero-order chi connectivity index (χ0) is 22.8. The molecule has 0 radical (unpaired) electrons. The third-order valence-electron chi connectivity index (χ3n) is 5.89. The van der Waals surface area contributed by atoms with Crippen molar-refractivity contribution in [2.45, 2.75) is 13.3 Å². The van der Waals surface area contributed by atoms with Crippen molar-refractivity contribution in [1.29, 1.82) is 5.26 Å². The number of carbonyl (C=O) groups is 1.